The summed E-state index contributed by atoms with van der Waals surface area (Å²) in [6.07, 6.45) is 0.954. The van der Waals surface area contributed by atoms with Crippen LogP contribution in [0.5, 0.6) is 5.75 Å². The number of carbonyl (C=O) groups excluding carboxylic acids is 1. The van der Waals surface area contributed by atoms with Gasteiger partial charge < -0.3 is 25.2 Å². The van der Waals surface area contributed by atoms with Gasteiger partial charge in [-0.2, -0.15) is 5.10 Å². The first-order valence-electron chi connectivity index (χ1n) is 7.73. The van der Waals surface area contributed by atoms with Gasteiger partial charge in [0.15, 0.2) is 5.17 Å². The standard InChI is InChI=1S/C15H18BN3O6S/c1-8(2)25-11-4-3-10(16(23)24)5-9(11)7-17-19-15-18-14(22)12(26-15)6-13(20)21/h3-5,7-8,12,23-24H,6H2,1-2H3,(H,20,21)(H,18,19,22). The van der Waals surface area contributed by atoms with E-state index < -0.39 is 24.2 Å². The van der Waals surface area contributed by atoms with E-state index in [9.17, 15) is 19.6 Å². The summed E-state index contributed by atoms with van der Waals surface area (Å²) in [6, 6.07) is 4.62. The highest BCUT2D eigenvalue weighted by Crippen LogP contribution is 2.22. The molecule has 1 fully saturated rings. The summed E-state index contributed by atoms with van der Waals surface area (Å²) in [5.41, 5.74) is 0.741. The van der Waals surface area contributed by atoms with Gasteiger partial charge in [-0.05, 0) is 31.4 Å². The van der Waals surface area contributed by atoms with Gasteiger partial charge in [0.05, 0.1) is 18.7 Å². The molecule has 0 aromatic heterocycles. The molecule has 1 aliphatic rings. The van der Waals surface area contributed by atoms with Crippen LogP contribution in [0.4, 0.5) is 0 Å². The number of hydrogen-bond donors (Lipinski definition) is 4. The number of benzene rings is 1. The Bertz CT molecular complexity index is 753. The van der Waals surface area contributed by atoms with Gasteiger partial charge in [-0.1, -0.05) is 17.8 Å². The number of rotatable bonds is 7. The van der Waals surface area contributed by atoms with Gasteiger partial charge in [0.25, 0.3) is 0 Å². The van der Waals surface area contributed by atoms with Crippen molar-refractivity contribution in [1.29, 1.82) is 0 Å². The second-order valence-electron chi connectivity index (χ2n) is 5.68. The first-order chi connectivity index (χ1) is 12.3. The van der Waals surface area contributed by atoms with Crippen LogP contribution < -0.4 is 15.5 Å². The lowest BCUT2D eigenvalue weighted by Crippen LogP contribution is -2.30. The molecular formula is C15H18BN3O6S. The maximum absolute atomic E-state index is 11.6. The number of hydrogen-bond acceptors (Lipinski definition) is 8. The van der Waals surface area contributed by atoms with E-state index in [1.165, 1.54) is 18.3 Å². The van der Waals surface area contributed by atoms with Crippen molar-refractivity contribution in [3.8, 4) is 5.75 Å². The smallest absolute Gasteiger partial charge is 0.488 e. The average Bonchev–Trinajstić information content (AvgIpc) is 2.87. The molecule has 0 radical (unpaired) electrons. The minimum Gasteiger partial charge on any atom is -0.490 e. The second-order valence-corrected chi connectivity index (χ2v) is 6.87. The van der Waals surface area contributed by atoms with Crippen molar-refractivity contribution in [3.63, 3.8) is 0 Å². The number of nitrogens with one attached hydrogen (secondary N) is 1. The second kappa shape index (κ2) is 8.83. The molecule has 0 saturated carbocycles. The molecule has 1 aromatic rings. The molecule has 1 unspecified atom stereocenters. The lowest BCUT2D eigenvalue weighted by atomic mass is 9.79. The van der Waals surface area contributed by atoms with Crippen molar-refractivity contribution >= 4 is 47.6 Å². The van der Waals surface area contributed by atoms with Gasteiger partial charge in [0.1, 0.15) is 11.0 Å². The van der Waals surface area contributed by atoms with Crippen molar-refractivity contribution in [2.24, 2.45) is 10.2 Å². The molecular weight excluding hydrogens is 361 g/mol. The highest BCUT2D eigenvalue weighted by molar-refractivity contribution is 8.15. The number of carboxylic acid groups (broad SMARTS) is 1. The number of carbonyl (C=O) groups is 2. The molecule has 138 valence electrons. The number of ether oxygens (including phenoxy) is 1. The zero-order chi connectivity index (χ0) is 19.3. The van der Waals surface area contributed by atoms with E-state index in [1.54, 1.807) is 6.07 Å². The third-order valence-corrected chi connectivity index (χ3v) is 4.25. The number of amidine groups is 1. The van der Waals surface area contributed by atoms with Gasteiger partial charge in [0, 0.05) is 5.56 Å². The van der Waals surface area contributed by atoms with Crippen LogP contribution in [0.2, 0.25) is 0 Å². The number of nitrogens with zero attached hydrogens (tertiary/aromatic N) is 2. The molecule has 1 aromatic carbocycles. The van der Waals surface area contributed by atoms with Gasteiger partial charge >= 0.3 is 13.1 Å². The molecule has 9 nitrogen and oxygen atoms in total. The summed E-state index contributed by atoms with van der Waals surface area (Å²) in [5.74, 6) is -1.02. The Morgan fingerprint density at radius 1 is 1.46 bits per heavy atom. The monoisotopic (exact) mass is 379 g/mol. The Labute approximate surface area is 154 Å². The summed E-state index contributed by atoms with van der Waals surface area (Å²) in [5, 5.41) is 37.0. The molecule has 1 aliphatic heterocycles. The van der Waals surface area contributed by atoms with Crippen LogP contribution in [-0.4, -0.2) is 56.9 Å². The molecule has 4 N–H and O–H groups in total. The Hall–Kier alpha value is -2.37. The van der Waals surface area contributed by atoms with E-state index in [-0.39, 0.29) is 23.2 Å². The molecule has 2 rings (SSSR count). The van der Waals surface area contributed by atoms with Crippen LogP contribution in [0.25, 0.3) is 0 Å². The fourth-order valence-electron chi connectivity index (χ4n) is 2.08. The van der Waals surface area contributed by atoms with Crippen molar-refractivity contribution in [1.82, 2.24) is 5.32 Å². The Morgan fingerprint density at radius 2 is 2.19 bits per heavy atom. The van der Waals surface area contributed by atoms with Crippen LogP contribution in [0.15, 0.2) is 28.4 Å². The third kappa shape index (κ3) is 5.58. The molecule has 0 spiro atoms. The van der Waals surface area contributed by atoms with Crippen molar-refractivity contribution in [2.45, 2.75) is 31.6 Å². The van der Waals surface area contributed by atoms with Gasteiger partial charge in [0.2, 0.25) is 5.91 Å². The number of carboxylic acids is 1. The largest absolute Gasteiger partial charge is 0.490 e. The van der Waals surface area contributed by atoms with E-state index in [4.69, 9.17) is 9.84 Å². The van der Waals surface area contributed by atoms with Crippen LogP contribution in [0.1, 0.15) is 25.8 Å². The zero-order valence-electron chi connectivity index (χ0n) is 14.1. The van der Waals surface area contributed by atoms with Crippen LogP contribution in [0.3, 0.4) is 0 Å². The fourth-order valence-corrected chi connectivity index (χ4v) is 2.99. The Balaban J connectivity index is 2.17. The number of aliphatic carboxylic acids is 1. The first-order valence-corrected chi connectivity index (χ1v) is 8.61. The van der Waals surface area contributed by atoms with Crippen LogP contribution >= 0.6 is 11.8 Å². The zero-order valence-corrected chi connectivity index (χ0v) is 14.9. The normalized spacial score (nSPS) is 18.6. The number of amides is 1. The fraction of sp³-hybridized carbons (Fsp3) is 0.333. The summed E-state index contributed by atoms with van der Waals surface area (Å²) < 4.78 is 5.64. The van der Waals surface area contributed by atoms with Crippen molar-refractivity contribution in [2.75, 3.05) is 0 Å². The molecule has 0 aliphatic carbocycles. The number of thioether (sulfide) groups is 1. The summed E-state index contributed by atoms with van der Waals surface area (Å²) in [7, 11) is -1.64. The predicted octanol–water partition coefficient (Wildman–Crippen LogP) is -0.450. The SMILES string of the molecule is CC(C)Oc1ccc(B(O)O)cc1C=NN=C1NC(=O)C(CC(=O)O)S1. The van der Waals surface area contributed by atoms with Crippen molar-refractivity contribution < 1.29 is 29.5 Å². The predicted molar refractivity (Wildman–Crippen MR) is 98.8 cm³/mol. The first kappa shape index (κ1) is 20.0. The van der Waals surface area contributed by atoms with E-state index >= 15 is 0 Å². The molecule has 0 bridgehead atoms. The lowest BCUT2D eigenvalue weighted by molar-refractivity contribution is -0.138. The summed E-state index contributed by atoms with van der Waals surface area (Å²) in [6.45, 7) is 3.70. The van der Waals surface area contributed by atoms with Crippen LogP contribution in [0, 0.1) is 0 Å². The minimum absolute atomic E-state index is 0.0974. The third-order valence-electron chi connectivity index (χ3n) is 3.18. The van der Waals surface area contributed by atoms with E-state index in [1.807, 2.05) is 13.8 Å². The maximum atomic E-state index is 11.6. The summed E-state index contributed by atoms with van der Waals surface area (Å²) >= 11 is 0.989. The van der Waals surface area contributed by atoms with Gasteiger partial charge in [-0.15, -0.1) is 5.10 Å². The maximum Gasteiger partial charge on any atom is 0.488 e. The molecule has 1 heterocycles. The summed E-state index contributed by atoms with van der Waals surface area (Å²) in [4.78, 5) is 22.3. The Kier molecular flexibility index (Phi) is 6.78. The lowest BCUT2D eigenvalue weighted by Gasteiger charge is -2.13. The van der Waals surface area contributed by atoms with Gasteiger partial charge in [-0.25, -0.2) is 0 Å². The van der Waals surface area contributed by atoms with Gasteiger partial charge in [-0.3, -0.25) is 9.59 Å². The molecule has 1 amide bonds. The molecule has 1 atom stereocenters. The van der Waals surface area contributed by atoms with Crippen LogP contribution in [-0.2, 0) is 9.59 Å². The topological polar surface area (TPSA) is 141 Å². The quantitative estimate of drug-likeness (QED) is 0.286. The highest BCUT2D eigenvalue weighted by atomic mass is 32.2. The van der Waals surface area contributed by atoms with Crippen molar-refractivity contribution in [3.05, 3.63) is 23.8 Å². The molecule has 1 saturated heterocycles. The van der Waals surface area contributed by atoms with E-state index in [0.29, 0.717) is 11.3 Å². The van der Waals surface area contributed by atoms with E-state index in [0.717, 1.165) is 11.8 Å². The minimum atomic E-state index is -1.64. The molecule has 26 heavy (non-hydrogen) atoms. The average molecular weight is 379 g/mol. The highest BCUT2D eigenvalue weighted by Gasteiger charge is 2.32. The molecule has 11 heteroatoms. The Morgan fingerprint density at radius 3 is 2.81 bits per heavy atom. The van der Waals surface area contributed by atoms with E-state index in [2.05, 4.69) is 15.5 Å².